The van der Waals surface area contributed by atoms with E-state index in [0.29, 0.717) is 41.1 Å². The van der Waals surface area contributed by atoms with Crippen LogP contribution in [-0.4, -0.2) is 59.2 Å². The number of piperidine rings is 1. The summed E-state index contributed by atoms with van der Waals surface area (Å²) in [5, 5.41) is 0.692. The fraction of sp³-hybridized carbons (Fsp3) is 0.567. The molecule has 1 aromatic carbocycles. The van der Waals surface area contributed by atoms with Gasteiger partial charge in [-0.15, -0.1) is 0 Å². The van der Waals surface area contributed by atoms with E-state index >= 15 is 4.39 Å². The van der Waals surface area contributed by atoms with Gasteiger partial charge in [-0.2, -0.15) is 9.97 Å². The first kappa shape index (κ1) is 23.3. The number of fused-ring (bicyclic) bond motifs is 4. The number of likely N-dealkylation sites (tertiary alicyclic amines) is 1. The maximum atomic E-state index is 16.4. The lowest BCUT2D eigenvalue weighted by Gasteiger charge is -2.33. The van der Waals surface area contributed by atoms with Gasteiger partial charge in [0, 0.05) is 30.9 Å². The number of hydrogen-bond donors (Lipinski definition) is 0. The molecule has 2 unspecified atom stereocenters. The molecule has 1 saturated carbocycles. The quantitative estimate of drug-likeness (QED) is 0.465. The van der Waals surface area contributed by atoms with Crippen LogP contribution in [-0.2, 0) is 12.8 Å². The average Bonchev–Trinajstić information content (AvgIpc) is 3.50. The second-order valence-corrected chi connectivity index (χ2v) is 11.7. The number of hydrogen-bond acceptors (Lipinski definition) is 6. The van der Waals surface area contributed by atoms with Gasteiger partial charge in [0.25, 0.3) is 0 Å². The molecule has 2 aromatic heterocycles. The standard InChI is InChI=1S/C30H36FN5O/c1-35-13-5-8-22(35)18-37-30-33-28-25(29(34-30)36-16-19-11-12-20(14-19)17-36)15-32-27(26(28)31)24-10-4-7-21-6-2-3-9-23(21)24/h4,7,10,15,19-20,22H,2-3,5-6,8-9,11-14,16-18H2,1H3/t19?,20?,22-/m0/s1. The fourth-order valence-corrected chi connectivity index (χ4v) is 7.26. The summed E-state index contributed by atoms with van der Waals surface area (Å²) in [5.41, 5.74) is 4.19. The molecule has 3 atom stereocenters. The largest absolute Gasteiger partial charge is 0.462 e. The number of rotatable bonds is 5. The first-order valence-corrected chi connectivity index (χ1v) is 14.2. The molecule has 0 radical (unpaired) electrons. The van der Waals surface area contributed by atoms with E-state index in [1.807, 2.05) is 12.1 Å². The Balaban J connectivity index is 1.32. The highest BCUT2D eigenvalue weighted by Gasteiger charge is 2.35. The highest BCUT2D eigenvalue weighted by Crippen LogP contribution is 2.41. The van der Waals surface area contributed by atoms with Crippen molar-refractivity contribution >= 4 is 16.7 Å². The van der Waals surface area contributed by atoms with Gasteiger partial charge in [0.05, 0.1) is 5.39 Å². The van der Waals surface area contributed by atoms with Crippen molar-refractivity contribution in [3.8, 4) is 17.3 Å². The van der Waals surface area contributed by atoms with Crippen molar-refractivity contribution in [2.45, 2.75) is 63.8 Å². The lowest BCUT2D eigenvalue weighted by molar-refractivity contribution is 0.188. The summed E-state index contributed by atoms with van der Waals surface area (Å²) >= 11 is 0. The van der Waals surface area contributed by atoms with Crippen LogP contribution in [0.3, 0.4) is 0 Å². The van der Waals surface area contributed by atoms with Gasteiger partial charge in [-0.05, 0) is 94.3 Å². The van der Waals surface area contributed by atoms with E-state index in [0.717, 1.165) is 56.7 Å². The molecule has 0 N–H and O–H groups in total. The highest BCUT2D eigenvalue weighted by molar-refractivity contribution is 5.92. The summed E-state index contributed by atoms with van der Waals surface area (Å²) < 4.78 is 22.6. The summed E-state index contributed by atoms with van der Waals surface area (Å²) in [7, 11) is 2.13. The molecular weight excluding hydrogens is 465 g/mol. The number of pyridine rings is 1. The third-order valence-corrected chi connectivity index (χ3v) is 9.28. The molecule has 37 heavy (non-hydrogen) atoms. The molecule has 2 saturated heterocycles. The predicted octanol–water partition coefficient (Wildman–Crippen LogP) is 5.42. The number of anilines is 1. The second-order valence-electron chi connectivity index (χ2n) is 11.7. The van der Waals surface area contributed by atoms with Crippen LogP contribution in [0.2, 0.25) is 0 Å². The van der Waals surface area contributed by atoms with Crippen molar-refractivity contribution in [1.82, 2.24) is 19.9 Å². The third kappa shape index (κ3) is 4.25. The van der Waals surface area contributed by atoms with Crippen molar-refractivity contribution in [1.29, 1.82) is 0 Å². The lowest BCUT2D eigenvalue weighted by Crippen LogP contribution is -2.37. The molecular formula is C30H36FN5O. The van der Waals surface area contributed by atoms with E-state index in [9.17, 15) is 0 Å². The van der Waals surface area contributed by atoms with E-state index in [1.54, 1.807) is 6.20 Å². The van der Waals surface area contributed by atoms with E-state index < -0.39 is 0 Å². The molecule has 7 rings (SSSR count). The van der Waals surface area contributed by atoms with Crippen LogP contribution in [0.5, 0.6) is 6.01 Å². The van der Waals surface area contributed by atoms with Gasteiger partial charge in [-0.3, -0.25) is 4.98 Å². The Morgan fingerprint density at radius 2 is 1.86 bits per heavy atom. The molecule has 4 aliphatic rings. The van der Waals surface area contributed by atoms with Crippen molar-refractivity contribution in [3.05, 3.63) is 41.3 Å². The molecule has 2 aliphatic carbocycles. The Hall–Kier alpha value is -2.80. The van der Waals surface area contributed by atoms with Crippen LogP contribution < -0.4 is 9.64 Å². The zero-order valence-corrected chi connectivity index (χ0v) is 21.8. The van der Waals surface area contributed by atoms with Crippen LogP contribution in [0.15, 0.2) is 24.4 Å². The minimum Gasteiger partial charge on any atom is -0.462 e. The maximum Gasteiger partial charge on any atom is 0.319 e. The second kappa shape index (κ2) is 9.50. The van der Waals surface area contributed by atoms with Crippen molar-refractivity contribution < 1.29 is 9.13 Å². The maximum absolute atomic E-state index is 16.4. The molecule has 3 aromatic rings. The number of ether oxygens (including phenoxy) is 1. The smallest absolute Gasteiger partial charge is 0.319 e. The number of nitrogens with zero attached hydrogens (tertiary/aromatic N) is 5. The molecule has 3 fully saturated rings. The first-order valence-electron chi connectivity index (χ1n) is 14.2. The van der Waals surface area contributed by atoms with Crippen LogP contribution in [0.1, 0.15) is 56.1 Å². The Morgan fingerprint density at radius 1 is 1.03 bits per heavy atom. The van der Waals surface area contributed by atoms with Crippen LogP contribution in [0, 0.1) is 17.7 Å². The van der Waals surface area contributed by atoms with Gasteiger partial charge in [-0.1, -0.05) is 18.2 Å². The Morgan fingerprint density at radius 3 is 2.68 bits per heavy atom. The van der Waals surface area contributed by atoms with Crippen molar-refractivity contribution in [2.24, 2.45) is 11.8 Å². The van der Waals surface area contributed by atoms with Crippen molar-refractivity contribution in [2.75, 3.05) is 38.2 Å². The molecule has 2 aliphatic heterocycles. The lowest BCUT2D eigenvalue weighted by atomic mass is 9.87. The predicted molar refractivity (Wildman–Crippen MR) is 144 cm³/mol. The monoisotopic (exact) mass is 501 g/mol. The van der Waals surface area contributed by atoms with Gasteiger partial charge in [0.2, 0.25) is 0 Å². The van der Waals surface area contributed by atoms with E-state index in [4.69, 9.17) is 14.7 Å². The van der Waals surface area contributed by atoms with E-state index in [2.05, 4.69) is 27.9 Å². The molecule has 0 spiro atoms. The summed E-state index contributed by atoms with van der Waals surface area (Å²) in [4.78, 5) is 18.9. The normalized spacial score (nSPS) is 25.6. The summed E-state index contributed by atoms with van der Waals surface area (Å²) in [6.07, 6.45) is 12.3. The molecule has 0 amide bonds. The Bertz CT molecular complexity index is 1320. The topological polar surface area (TPSA) is 54.4 Å². The van der Waals surface area contributed by atoms with Crippen molar-refractivity contribution in [3.63, 3.8) is 0 Å². The highest BCUT2D eigenvalue weighted by atomic mass is 19.1. The minimum absolute atomic E-state index is 0.284. The zero-order chi connectivity index (χ0) is 24.9. The molecule has 194 valence electrons. The number of benzene rings is 1. The van der Waals surface area contributed by atoms with Gasteiger partial charge in [0.15, 0.2) is 5.82 Å². The SMILES string of the molecule is CN1CCC[C@H]1COc1nc(N2CC3CCC(C3)C2)c2cnc(-c3cccc4c3CCCC4)c(F)c2n1. The molecule has 2 bridgehead atoms. The number of likely N-dealkylation sites (N-methyl/N-ethyl adjacent to an activating group) is 1. The van der Waals surface area contributed by atoms with E-state index in [1.165, 1.54) is 43.2 Å². The van der Waals surface area contributed by atoms with Crippen LogP contribution in [0.25, 0.3) is 22.2 Å². The summed E-state index contributed by atoms with van der Waals surface area (Å²) in [5.74, 6) is 1.80. The Labute approximate surface area is 218 Å². The number of aromatic nitrogens is 3. The molecule has 4 heterocycles. The zero-order valence-electron chi connectivity index (χ0n) is 21.8. The van der Waals surface area contributed by atoms with E-state index in [-0.39, 0.29) is 11.8 Å². The van der Waals surface area contributed by atoms with Crippen LogP contribution in [0.4, 0.5) is 10.2 Å². The Kier molecular flexibility index (Phi) is 5.99. The minimum atomic E-state index is -0.358. The van der Waals surface area contributed by atoms with Gasteiger partial charge in [0.1, 0.15) is 23.6 Å². The molecule has 7 heteroatoms. The fourth-order valence-electron chi connectivity index (χ4n) is 7.26. The van der Waals surface area contributed by atoms with Crippen LogP contribution >= 0.6 is 0 Å². The summed E-state index contributed by atoms with van der Waals surface area (Å²) in [6, 6.07) is 6.86. The number of aryl methyl sites for hydroxylation is 1. The number of halogens is 1. The first-order chi connectivity index (χ1) is 18.1. The summed E-state index contributed by atoms with van der Waals surface area (Å²) in [6.45, 7) is 3.53. The van der Waals surface area contributed by atoms with Gasteiger partial charge >= 0.3 is 6.01 Å². The van der Waals surface area contributed by atoms with Gasteiger partial charge < -0.3 is 14.5 Å². The average molecular weight is 502 g/mol. The van der Waals surface area contributed by atoms with Gasteiger partial charge in [-0.25, -0.2) is 4.39 Å². The third-order valence-electron chi connectivity index (χ3n) is 9.28. The molecule has 6 nitrogen and oxygen atoms in total.